The Kier molecular flexibility index (Phi) is 5.15. The Morgan fingerprint density at radius 1 is 1.11 bits per heavy atom. The highest BCUT2D eigenvalue weighted by Crippen LogP contribution is 2.27. The molecule has 108 valence electrons. The summed E-state index contributed by atoms with van der Waals surface area (Å²) in [6.45, 7) is 12.3. The van der Waals surface area contributed by atoms with E-state index < -0.39 is 10.9 Å². The van der Waals surface area contributed by atoms with Gasteiger partial charge in [-0.25, -0.2) is 0 Å². The van der Waals surface area contributed by atoms with Crippen LogP contribution in [0.3, 0.4) is 0 Å². The highest BCUT2D eigenvalue weighted by atomic mass is 16.5. The van der Waals surface area contributed by atoms with Crippen molar-refractivity contribution in [1.82, 2.24) is 0 Å². The first-order valence-corrected chi connectivity index (χ1v) is 7.02. The van der Waals surface area contributed by atoms with E-state index in [1.54, 1.807) is 0 Å². The molecule has 0 atom stereocenters. The summed E-state index contributed by atoms with van der Waals surface area (Å²) in [5.41, 5.74) is -0.331. The number of rotatable bonds is 7. The molecule has 0 heterocycles. The lowest BCUT2D eigenvalue weighted by molar-refractivity contribution is 0.330. The molecule has 0 amide bonds. The van der Waals surface area contributed by atoms with Crippen LogP contribution >= 0.6 is 0 Å². The normalized spacial score (nSPS) is 11.8. The van der Waals surface area contributed by atoms with E-state index in [2.05, 4.69) is 27.7 Å². The first-order valence-electron chi connectivity index (χ1n) is 7.02. The Labute approximate surface area is 115 Å². The van der Waals surface area contributed by atoms with Crippen LogP contribution in [0.25, 0.3) is 0 Å². The van der Waals surface area contributed by atoms with Gasteiger partial charge in [0, 0.05) is 13.1 Å². The quantitative estimate of drug-likeness (QED) is 0.711. The van der Waals surface area contributed by atoms with Crippen molar-refractivity contribution >= 4 is 5.69 Å². The van der Waals surface area contributed by atoms with Gasteiger partial charge in [0.05, 0.1) is 6.61 Å². The Hall–Kier alpha value is -1.32. The molecule has 0 unspecified atom stereocenters. The van der Waals surface area contributed by atoms with E-state index >= 15 is 0 Å². The molecule has 0 aliphatic carbocycles. The van der Waals surface area contributed by atoms with Crippen LogP contribution in [0, 0.1) is 5.41 Å². The number of ether oxygens (including phenoxy) is 1. The molecule has 4 heteroatoms. The van der Waals surface area contributed by atoms with Crippen LogP contribution in [0.1, 0.15) is 47.5 Å². The second-order valence-electron chi connectivity index (χ2n) is 6.10. The third kappa shape index (κ3) is 3.82. The average Bonchev–Trinajstić information content (AvgIpc) is 2.32. The van der Waals surface area contributed by atoms with E-state index in [1.165, 1.54) is 0 Å². The second-order valence-corrected chi connectivity index (χ2v) is 6.10. The minimum absolute atomic E-state index is 0.0665. The molecule has 0 saturated carbocycles. The third-order valence-corrected chi connectivity index (χ3v) is 2.89. The molecule has 19 heavy (non-hydrogen) atoms. The molecular formula is C15H25NO3. The number of hydrogen-bond donors (Lipinski definition) is 0. The van der Waals surface area contributed by atoms with E-state index in [4.69, 9.17) is 4.74 Å². The summed E-state index contributed by atoms with van der Waals surface area (Å²) in [6.07, 6.45) is 2.06. The zero-order valence-corrected chi connectivity index (χ0v) is 12.7. The van der Waals surface area contributed by atoms with Crippen molar-refractivity contribution in [3.63, 3.8) is 0 Å². The van der Waals surface area contributed by atoms with Gasteiger partial charge in [-0.3, -0.25) is 9.59 Å². The lowest BCUT2D eigenvalue weighted by atomic mass is 9.95. The van der Waals surface area contributed by atoms with Crippen LogP contribution in [-0.2, 0) is 0 Å². The van der Waals surface area contributed by atoms with Gasteiger partial charge in [0.25, 0.3) is 10.9 Å². The van der Waals surface area contributed by atoms with Gasteiger partial charge in [0.2, 0.25) is 0 Å². The highest BCUT2D eigenvalue weighted by Gasteiger charge is 2.29. The molecular weight excluding hydrogens is 242 g/mol. The molecule has 4 nitrogen and oxygen atoms in total. The largest absolute Gasteiger partial charge is 0.488 e. The first-order chi connectivity index (χ1) is 8.81. The molecule has 1 aromatic carbocycles. The highest BCUT2D eigenvalue weighted by molar-refractivity contribution is 5.63. The lowest BCUT2D eigenvalue weighted by Gasteiger charge is -2.33. The smallest absolute Gasteiger partial charge is 0.272 e. The Balaban J connectivity index is 3.00. The van der Waals surface area contributed by atoms with E-state index in [9.17, 15) is 9.59 Å². The molecule has 0 fully saturated rings. The molecule has 1 rings (SSSR count). The average molecular weight is 267 g/mol. The lowest BCUT2D eigenvalue weighted by Crippen LogP contribution is -2.44. The van der Waals surface area contributed by atoms with Gasteiger partial charge in [0.15, 0.2) is 5.75 Å². The molecule has 0 radical (unpaired) electrons. The number of anilines is 1. The third-order valence-electron chi connectivity index (χ3n) is 2.89. The fourth-order valence-corrected chi connectivity index (χ4v) is 2.12. The van der Waals surface area contributed by atoms with Crippen LogP contribution in [-0.4, -0.2) is 19.7 Å². The van der Waals surface area contributed by atoms with Crippen molar-refractivity contribution in [2.75, 3.05) is 24.6 Å². The first kappa shape index (κ1) is 15.7. The van der Waals surface area contributed by atoms with Crippen molar-refractivity contribution < 1.29 is 4.74 Å². The van der Waals surface area contributed by atoms with Crippen molar-refractivity contribution in [3.05, 3.63) is 20.4 Å². The van der Waals surface area contributed by atoms with Gasteiger partial charge in [-0.05, 0) is 18.8 Å². The van der Waals surface area contributed by atoms with Crippen LogP contribution < -0.4 is 20.5 Å². The molecule has 0 aromatic heterocycles. The maximum absolute atomic E-state index is 11.8. The fraction of sp³-hybridized carbons (Fsp3) is 0.733. The SMILES string of the molecule is CCCCN(CC(C)(C)C)c1c(OCC)c(=O)c1=O. The van der Waals surface area contributed by atoms with E-state index in [0.717, 1.165) is 25.9 Å². The minimum Gasteiger partial charge on any atom is -0.488 e. The van der Waals surface area contributed by atoms with E-state index in [1.807, 2.05) is 11.8 Å². The van der Waals surface area contributed by atoms with Crippen LogP contribution in [0.2, 0.25) is 0 Å². The summed E-state index contributed by atoms with van der Waals surface area (Å²) in [5, 5.41) is 0. The Morgan fingerprint density at radius 2 is 1.74 bits per heavy atom. The summed E-state index contributed by atoms with van der Waals surface area (Å²) in [4.78, 5) is 25.4. The summed E-state index contributed by atoms with van der Waals surface area (Å²) >= 11 is 0. The van der Waals surface area contributed by atoms with Crippen molar-refractivity contribution in [2.24, 2.45) is 5.41 Å². The minimum atomic E-state index is -0.479. The summed E-state index contributed by atoms with van der Waals surface area (Å²) in [7, 11) is 0. The van der Waals surface area contributed by atoms with Gasteiger partial charge in [-0.15, -0.1) is 0 Å². The number of unbranched alkanes of at least 4 members (excludes halogenated alkanes) is 1. The van der Waals surface area contributed by atoms with Crippen LogP contribution in [0.5, 0.6) is 5.75 Å². The van der Waals surface area contributed by atoms with Gasteiger partial charge in [0.1, 0.15) is 5.69 Å². The van der Waals surface area contributed by atoms with Gasteiger partial charge in [-0.1, -0.05) is 34.1 Å². The summed E-state index contributed by atoms with van der Waals surface area (Å²) in [5.74, 6) is 0.257. The molecule has 0 aliphatic heterocycles. The van der Waals surface area contributed by atoms with Crippen molar-refractivity contribution in [2.45, 2.75) is 47.5 Å². The van der Waals surface area contributed by atoms with E-state index in [-0.39, 0.29) is 11.2 Å². The van der Waals surface area contributed by atoms with Gasteiger partial charge in [-0.2, -0.15) is 0 Å². The zero-order chi connectivity index (χ0) is 14.6. The summed E-state index contributed by atoms with van der Waals surface area (Å²) < 4.78 is 5.32. The topological polar surface area (TPSA) is 46.6 Å². The Bertz CT molecular complexity index is 478. The standard InChI is InChI=1S/C15H25NO3/c1-6-8-9-16(10-15(3,4)5)11-12(17)13(18)14(11)19-7-2/h6-10H2,1-5H3. The molecule has 0 saturated heterocycles. The molecule has 0 spiro atoms. The Morgan fingerprint density at radius 3 is 2.21 bits per heavy atom. The maximum atomic E-state index is 11.8. The van der Waals surface area contributed by atoms with Crippen molar-refractivity contribution in [1.29, 1.82) is 0 Å². The number of hydrogen-bond acceptors (Lipinski definition) is 4. The fourth-order valence-electron chi connectivity index (χ4n) is 2.12. The monoisotopic (exact) mass is 267 g/mol. The maximum Gasteiger partial charge on any atom is 0.272 e. The van der Waals surface area contributed by atoms with Crippen molar-refractivity contribution in [3.8, 4) is 5.75 Å². The van der Waals surface area contributed by atoms with Crippen LogP contribution in [0.15, 0.2) is 9.59 Å². The second kappa shape index (κ2) is 6.22. The van der Waals surface area contributed by atoms with Gasteiger partial charge < -0.3 is 9.64 Å². The molecule has 0 N–H and O–H groups in total. The molecule has 0 aliphatic rings. The predicted molar refractivity (Wildman–Crippen MR) is 79.1 cm³/mol. The molecule has 1 aromatic rings. The predicted octanol–water partition coefficient (Wildman–Crippen LogP) is 2.33. The summed E-state index contributed by atoms with van der Waals surface area (Å²) in [6, 6.07) is 0. The number of nitrogens with zero attached hydrogens (tertiary/aromatic N) is 1. The van der Waals surface area contributed by atoms with Gasteiger partial charge >= 0.3 is 0 Å². The van der Waals surface area contributed by atoms with Crippen LogP contribution in [0.4, 0.5) is 5.69 Å². The van der Waals surface area contributed by atoms with E-state index in [0.29, 0.717) is 12.3 Å². The molecule has 0 bridgehead atoms. The zero-order valence-electron chi connectivity index (χ0n) is 12.7.